The zero-order valence-electron chi connectivity index (χ0n) is 18.1. The molecule has 1 atom stereocenters. The van der Waals surface area contributed by atoms with Crippen LogP contribution in [0.2, 0.25) is 0 Å². The van der Waals surface area contributed by atoms with Crippen LogP contribution in [0.25, 0.3) is 0 Å². The predicted molar refractivity (Wildman–Crippen MR) is 116 cm³/mol. The molecule has 1 N–H and O–H groups in total. The molecule has 4 rings (SSSR count). The lowest BCUT2D eigenvalue weighted by Gasteiger charge is -2.36. The molecule has 1 spiro atoms. The summed E-state index contributed by atoms with van der Waals surface area (Å²) in [6, 6.07) is 6.28. The Morgan fingerprint density at radius 2 is 1.72 bits per heavy atom. The molecular weight excluding hydrogens is 364 g/mol. The summed E-state index contributed by atoms with van der Waals surface area (Å²) in [6.07, 6.45) is 11.4. The molecule has 2 saturated heterocycles. The second kappa shape index (κ2) is 9.67. The van der Waals surface area contributed by atoms with Gasteiger partial charge in [0, 0.05) is 18.6 Å². The van der Waals surface area contributed by atoms with Crippen molar-refractivity contribution < 1.29 is 14.6 Å². The molecule has 1 aliphatic carbocycles. The molecule has 0 bridgehead atoms. The van der Waals surface area contributed by atoms with Gasteiger partial charge in [-0.2, -0.15) is 0 Å². The van der Waals surface area contributed by atoms with Gasteiger partial charge in [0.15, 0.2) is 11.5 Å². The van der Waals surface area contributed by atoms with Gasteiger partial charge in [-0.25, -0.2) is 0 Å². The van der Waals surface area contributed by atoms with Crippen molar-refractivity contribution in [3.05, 3.63) is 23.8 Å². The van der Waals surface area contributed by atoms with E-state index in [1.54, 1.807) is 7.11 Å². The Hall–Kier alpha value is -1.30. The number of rotatable bonds is 8. The lowest BCUT2D eigenvalue weighted by Crippen LogP contribution is -2.40. The minimum absolute atomic E-state index is 0.307. The van der Waals surface area contributed by atoms with E-state index in [9.17, 15) is 5.11 Å². The highest BCUT2D eigenvalue weighted by atomic mass is 16.5. The van der Waals surface area contributed by atoms with Crippen LogP contribution in [0.5, 0.6) is 11.5 Å². The van der Waals surface area contributed by atoms with E-state index in [2.05, 4.69) is 21.9 Å². The number of ether oxygens (including phenoxy) is 2. The monoisotopic (exact) mass is 402 g/mol. The molecule has 0 amide bonds. The van der Waals surface area contributed by atoms with Crippen molar-refractivity contribution in [2.24, 2.45) is 0 Å². The van der Waals surface area contributed by atoms with E-state index in [-0.39, 0.29) is 0 Å². The summed E-state index contributed by atoms with van der Waals surface area (Å²) in [7, 11) is 1.70. The normalized spacial score (nSPS) is 23.5. The quantitative estimate of drug-likeness (QED) is 0.716. The Kier molecular flexibility index (Phi) is 6.99. The SMILES string of the molecule is COc1cc(CN2CCCCC23CC3)ccc1OC[C@H](O)CN1CCCCCC1. The van der Waals surface area contributed by atoms with Crippen molar-refractivity contribution in [1.82, 2.24) is 9.80 Å². The first-order chi connectivity index (χ1) is 14.2. The van der Waals surface area contributed by atoms with Crippen LogP contribution in [-0.2, 0) is 6.54 Å². The highest BCUT2D eigenvalue weighted by Gasteiger charge is 2.48. The summed E-state index contributed by atoms with van der Waals surface area (Å²) in [6.45, 7) is 5.39. The van der Waals surface area contributed by atoms with Gasteiger partial charge in [-0.15, -0.1) is 0 Å². The van der Waals surface area contributed by atoms with E-state index < -0.39 is 6.10 Å². The van der Waals surface area contributed by atoms with Gasteiger partial charge in [0.2, 0.25) is 0 Å². The number of piperidine rings is 1. The number of aliphatic hydroxyl groups is 1. The molecule has 162 valence electrons. The number of hydrogen-bond acceptors (Lipinski definition) is 5. The van der Waals surface area contributed by atoms with Gasteiger partial charge in [-0.3, -0.25) is 4.90 Å². The molecule has 5 nitrogen and oxygen atoms in total. The van der Waals surface area contributed by atoms with Crippen molar-refractivity contribution in [2.45, 2.75) is 76.0 Å². The maximum absolute atomic E-state index is 10.4. The average molecular weight is 403 g/mol. The lowest BCUT2D eigenvalue weighted by molar-refractivity contribution is 0.0683. The standard InChI is InChI=1S/C24H38N2O3/c1-28-23-16-20(17-26-15-7-4-10-24(26)11-12-24)8-9-22(23)29-19-21(27)18-25-13-5-2-3-6-14-25/h8-9,16,21,27H,2-7,10-15,17-19H2,1H3/t21-/m1/s1. The van der Waals surface area contributed by atoms with Crippen LogP contribution in [0.3, 0.4) is 0 Å². The number of benzene rings is 1. The van der Waals surface area contributed by atoms with Crippen LogP contribution in [0.1, 0.15) is 63.4 Å². The first kappa shape index (κ1) is 21.0. The minimum atomic E-state index is -0.472. The summed E-state index contributed by atoms with van der Waals surface area (Å²) in [5, 5.41) is 10.4. The van der Waals surface area contributed by atoms with Crippen LogP contribution in [0, 0.1) is 0 Å². The Morgan fingerprint density at radius 1 is 0.966 bits per heavy atom. The van der Waals surface area contributed by atoms with Gasteiger partial charge in [0.1, 0.15) is 12.7 Å². The predicted octanol–water partition coefficient (Wildman–Crippen LogP) is 3.83. The lowest BCUT2D eigenvalue weighted by atomic mass is 9.99. The zero-order chi connectivity index (χ0) is 20.1. The fourth-order valence-corrected chi connectivity index (χ4v) is 5.11. The Labute approximate surface area is 176 Å². The largest absolute Gasteiger partial charge is 0.493 e. The molecule has 1 aromatic carbocycles. The van der Waals surface area contributed by atoms with Crippen molar-refractivity contribution >= 4 is 0 Å². The third-order valence-electron chi connectivity index (χ3n) is 7.02. The summed E-state index contributed by atoms with van der Waals surface area (Å²) >= 11 is 0. The molecule has 3 fully saturated rings. The first-order valence-corrected chi connectivity index (χ1v) is 11.6. The van der Waals surface area contributed by atoms with Gasteiger partial charge in [-0.05, 0) is 75.9 Å². The van der Waals surface area contributed by atoms with Gasteiger partial charge in [0.05, 0.1) is 7.11 Å². The fourth-order valence-electron chi connectivity index (χ4n) is 5.11. The first-order valence-electron chi connectivity index (χ1n) is 11.6. The minimum Gasteiger partial charge on any atom is -0.493 e. The van der Waals surface area contributed by atoms with Crippen molar-refractivity contribution in [1.29, 1.82) is 0 Å². The van der Waals surface area contributed by atoms with Crippen LogP contribution < -0.4 is 9.47 Å². The third-order valence-corrected chi connectivity index (χ3v) is 7.02. The Morgan fingerprint density at radius 3 is 2.45 bits per heavy atom. The molecule has 2 heterocycles. The number of nitrogens with zero attached hydrogens (tertiary/aromatic N) is 2. The molecule has 0 aromatic heterocycles. The maximum atomic E-state index is 10.4. The summed E-state index contributed by atoms with van der Waals surface area (Å²) < 4.78 is 11.6. The van der Waals surface area contributed by atoms with Gasteiger partial charge in [-0.1, -0.05) is 25.3 Å². The average Bonchev–Trinajstić information content (AvgIpc) is 3.54. The van der Waals surface area contributed by atoms with E-state index in [0.29, 0.717) is 18.7 Å². The van der Waals surface area contributed by atoms with Crippen LogP contribution >= 0.6 is 0 Å². The molecular formula is C24H38N2O3. The van der Waals surface area contributed by atoms with E-state index in [1.165, 1.54) is 69.9 Å². The molecule has 5 heteroatoms. The molecule has 0 unspecified atom stereocenters. The number of likely N-dealkylation sites (tertiary alicyclic amines) is 2. The van der Waals surface area contributed by atoms with Crippen molar-refractivity contribution in [3.8, 4) is 11.5 Å². The van der Waals surface area contributed by atoms with E-state index >= 15 is 0 Å². The molecule has 0 radical (unpaired) electrons. The maximum Gasteiger partial charge on any atom is 0.161 e. The number of β-amino-alcohol motifs (C(OH)–C–C–N with tert-alkyl or cyclic N) is 1. The summed E-state index contributed by atoms with van der Waals surface area (Å²) in [5.41, 5.74) is 1.78. The Balaban J connectivity index is 1.30. The molecule has 2 aliphatic heterocycles. The molecule has 1 aromatic rings. The van der Waals surface area contributed by atoms with Crippen LogP contribution in [0.15, 0.2) is 18.2 Å². The highest BCUT2D eigenvalue weighted by molar-refractivity contribution is 5.43. The molecule has 3 aliphatic rings. The number of hydrogen-bond donors (Lipinski definition) is 1. The van der Waals surface area contributed by atoms with Gasteiger partial charge in [0.25, 0.3) is 0 Å². The second-order valence-corrected chi connectivity index (χ2v) is 9.27. The van der Waals surface area contributed by atoms with E-state index in [4.69, 9.17) is 9.47 Å². The fraction of sp³-hybridized carbons (Fsp3) is 0.750. The summed E-state index contributed by atoms with van der Waals surface area (Å²) in [4.78, 5) is 5.05. The zero-order valence-corrected chi connectivity index (χ0v) is 18.1. The summed E-state index contributed by atoms with van der Waals surface area (Å²) in [5.74, 6) is 1.50. The molecule has 1 saturated carbocycles. The van der Waals surface area contributed by atoms with Crippen LogP contribution in [-0.4, -0.2) is 66.4 Å². The molecule has 29 heavy (non-hydrogen) atoms. The Bertz CT molecular complexity index is 654. The number of aliphatic hydroxyl groups excluding tert-OH is 1. The van der Waals surface area contributed by atoms with E-state index in [0.717, 1.165) is 31.1 Å². The smallest absolute Gasteiger partial charge is 0.161 e. The second-order valence-electron chi connectivity index (χ2n) is 9.27. The topological polar surface area (TPSA) is 45.2 Å². The highest BCUT2D eigenvalue weighted by Crippen LogP contribution is 2.49. The van der Waals surface area contributed by atoms with Gasteiger partial charge < -0.3 is 19.5 Å². The number of methoxy groups -OCH3 is 1. The van der Waals surface area contributed by atoms with Crippen molar-refractivity contribution in [2.75, 3.05) is 39.9 Å². The third kappa shape index (κ3) is 5.44. The van der Waals surface area contributed by atoms with E-state index in [1.807, 2.05) is 6.07 Å². The van der Waals surface area contributed by atoms with Gasteiger partial charge >= 0.3 is 0 Å². The van der Waals surface area contributed by atoms with Crippen LogP contribution in [0.4, 0.5) is 0 Å². The van der Waals surface area contributed by atoms with Crippen molar-refractivity contribution in [3.63, 3.8) is 0 Å².